The van der Waals surface area contributed by atoms with Crippen molar-refractivity contribution in [3.63, 3.8) is 0 Å². The Morgan fingerprint density at radius 1 is 1.33 bits per heavy atom. The van der Waals surface area contributed by atoms with Gasteiger partial charge in [0, 0.05) is 5.75 Å². The number of nitrogens with zero attached hydrogens (tertiary/aromatic N) is 1. The Hall–Kier alpha value is -2.22. The number of benzene rings is 1. The normalized spacial score (nSPS) is 21.1. The van der Waals surface area contributed by atoms with Gasteiger partial charge < -0.3 is 14.9 Å². The van der Waals surface area contributed by atoms with Gasteiger partial charge in [0.2, 0.25) is 0 Å². The molecule has 0 bridgehead atoms. The number of carbonyl (C=O) groups excluding carboxylic acids is 1. The lowest BCUT2D eigenvalue weighted by Crippen LogP contribution is -2.42. The van der Waals surface area contributed by atoms with E-state index in [0.717, 1.165) is 4.90 Å². The third-order valence-corrected chi connectivity index (χ3v) is 4.42. The van der Waals surface area contributed by atoms with Crippen LogP contribution in [-0.4, -0.2) is 52.0 Å². The number of carboxylic acid groups (broad SMARTS) is 2. The van der Waals surface area contributed by atoms with E-state index < -0.39 is 29.4 Å². The van der Waals surface area contributed by atoms with Crippen LogP contribution in [-0.2, 0) is 9.53 Å². The van der Waals surface area contributed by atoms with Crippen molar-refractivity contribution in [1.29, 1.82) is 0 Å². The monoisotopic (exact) mass is 311 g/mol. The Morgan fingerprint density at radius 2 is 2.05 bits per heavy atom. The number of methoxy groups -OCH3 is 1. The minimum atomic E-state index is -1.30. The summed E-state index contributed by atoms with van der Waals surface area (Å²) in [5.74, 6) is -1.55. The molecular formula is C13H13NO6S. The first-order valence-corrected chi connectivity index (χ1v) is 7.04. The van der Waals surface area contributed by atoms with Gasteiger partial charge in [0.1, 0.15) is 11.4 Å². The van der Waals surface area contributed by atoms with Gasteiger partial charge in [0.15, 0.2) is 0 Å². The smallest absolute Gasteiger partial charge is 0.409 e. The minimum absolute atomic E-state index is 0.161. The maximum absolute atomic E-state index is 11.5. The number of hydrogen-bond acceptors (Lipinski definition) is 5. The Balaban J connectivity index is 2.35. The number of amides is 1. The van der Waals surface area contributed by atoms with Crippen molar-refractivity contribution in [3.05, 3.63) is 35.4 Å². The largest absolute Gasteiger partial charge is 0.480 e. The fourth-order valence-electron chi connectivity index (χ4n) is 2.12. The average molecular weight is 311 g/mol. The van der Waals surface area contributed by atoms with Crippen molar-refractivity contribution < 1.29 is 29.3 Å². The fraction of sp³-hybridized carbons (Fsp3) is 0.308. The predicted octanol–water partition coefficient (Wildman–Crippen LogP) is 1.65. The van der Waals surface area contributed by atoms with E-state index in [9.17, 15) is 19.5 Å². The van der Waals surface area contributed by atoms with Gasteiger partial charge in [-0.2, -0.15) is 0 Å². The van der Waals surface area contributed by atoms with E-state index >= 15 is 0 Å². The topological polar surface area (TPSA) is 104 Å². The van der Waals surface area contributed by atoms with E-state index in [4.69, 9.17) is 5.11 Å². The van der Waals surface area contributed by atoms with Crippen LogP contribution < -0.4 is 0 Å². The van der Waals surface area contributed by atoms with Gasteiger partial charge in [-0.3, -0.25) is 4.90 Å². The molecule has 0 saturated carbocycles. The molecule has 0 aliphatic carbocycles. The summed E-state index contributed by atoms with van der Waals surface area (Å²) in [6.45, 7) is 0. The van der Waals surface area contributed by atoms with E-state index in [1.54, 1.807) is 18.2 Å². The molecule has 1 heterocycles. The molecule has 2 rings (SSSR count). The molecule has 112 valence electrons. The molecule has 1 aliphatic heterocycles. The zero-order valence-corrected chi connectivity index (χ0v) is 11.9. The van der Waals surface area contributed by atoms with E-state index in [1.165, 1.54) is 24.9 Å². The van der Waals surface area contributed by atoms with Gasteiger partial charge in [0.25, 0.3) is 0 Å². The molecule has 1 aromatic carbocycles. The van der Waals surface area contributed by atoms with E-state index in [-0.39, 0.29) is 5.75 Å². The minimum Gasteiger partial charge on any atom is -0.480 e. The van der Waals surface area contributed by atoms with E-state index in [0.29, 0.717) is 11.1 Å². The molecule has 8 heteroatoms. The Labute approximate surface area is 124 Å². The van der Waals surface area contributed by atoms with Crippen LogP contribution >= 0.6 is 11.8 Å². The molecule has 1 amide bonds. The number of thioether (sulfide) groups is 1. The fourth-order valence-corrected chi connectivity index (χ4v) is 3.53. The van der Waals surface area contributed by atoms with Gasteiger partial charge in [-0.25, -0.2) is 14.4 Å². The summed E-state index contributed by atoms with van der Waals surface area (Å²) in [7, 11) is 1.25. The van der Waals surface area contributed by atoms with Crippen LogP contribution in [0.15, 0.2) is 24.3 Å². The highest BCUT2D eigenvalue weighted by molar-refractivity contribution is 7.99. The molecule has 2 atom stereocenters. The molecule has 1 fully saturated rings. The third-order valence-electron chi connectivity index (χ3n) is 3.10. The van der Waals surface area contributed by atoms with Gasteiger partial charge in [-0.05, 0) is 17.7 Å². The first-order valence-electron chi connectivity index (χ1n) is 5.99. The lowest BCUT2D eigenvalue weighted by atomic mass is 10.1. The molecule has 21 heavy (non-hydrogen) atoms. The van der Waals surface area contributed by atoms with Crippen LogP contribution in [0.25, 0.3) is 0 Å². The lowest BCUT2D eigenvalue weighted by molar-refractivity contribution is -0.141. The average Bonchev–Trinajstić information content (AvgIpc) is 2.91. The van der Waals surface area contributed by atoms with Gasteiger partial charge in [-0.1, -0.05) is 12.1 Å². The number of aliphatic carboxylic acids is 1. The van der Waals surface area contributed by atoms with Crippen molar-refractivity contribution in [3.8, 4) is 0 Å². The molecular weight excluding hydrogens is 298 g/mol. The quantitative estimate of drug-likeness (QED) is 0.818. The zero-order valence-electron chi connectivity index (χ0n) is 11.1. The highest BCUT2D eigenvalue weighted by Gasteiger charge is 2.42. The summed E-state index contributed by atoms with van der Waals surface area (Å²) in [6, 6.07) is 5.23. The molecule has 0 radical (unpaired) electrons. The molecule has 0 aromatic heterocycles. The SMILES string of the molecule is COC(=O)c1cccc([C@H]2SCC(C(=O)O)N2C(=O)O)c1. The van der Waals surface area contributed by atoms with Crippen LogP contribution in [0.2, 0.25) is 0 Å². The molecule has 7 nitrogen and oxygen atoms in total. The van der Waals surface area contributed by atoms with Crippen LogP contribution in [0.5, 0.6) is 0 Å². The summed E-state index contributed by atoms with van der Waals surface area (Å²) in [5, 5.41) is 17.7. The highest BCUT2D eigenvalue weighted by atomic mass is 32.2. The van der Waals surface area contributed by atoms with Crippen molar-refractivity contribution >= 4 is 29.8 Å². The molecule has 1 saturated heterocycles. The maximum Gasteiger partial charge on any atom is 0.409 e. The summed E-state index contributed by atoms with van der Waals surface area (Å²) in [6.07, 6.45) is -1.30. The van der Waals surface area contributed by atoms with Gasteiger partial charge >= 0.3 is 18.0 Å². The van der Waals surface area contributed by atoms with Gasteiger partial charge in [-0.15, -0.1) is 11.8 Å². The zero-order chi connectivity index (χ0) is 15.6. The summed E-state index contributed by atoms with van der Waals surface area (Å²) >= 11 is 1.21. The summed E-state index contributed by atoms with van der Waals surface area (Å²) < 4.78 is 4.62. The first kappa shape index (κ1) is 15.2. The van der Waals surface area contributed by atoms with Crippen LogP contribution in [0.4, 0.5) is 4.79 Å². The Kier molecular flexibility index (Phi) is 4.37. The second kappa shape index (κ2) is 6.04. The maximum atomic E-state index is 11.5. The predicted molar refractivity (Wildman–Crippen MR) is 74.3 cm³/mol. The van der Waals surface area contributed by atoms with Crippen LogP contribution in [0.3, 0.4) is 0 Å². The second-order valence-corrected chi connectivity index (χ2v) is 5.46. The Morgan fingerprint density at radius 3 is 2.62 bits per heavy atom. The summed E-state index contributed by atoms with van der Waals surface area (Å²) in [4.78, 5) is 34.9. The number of rotatable bonds is 3. The first-order chi connectivity index (χ1) is 9.95. The van der Waals surface area contributed by atoms with Crippen LogP contribution in [0.1, 0.15) is 21.3 Å². The van der Waals surface area contributed by atoms with Gasteiger partial charge in [0.05, 0.1) is 12.7 Å². The number of ether oxygens (including phenoxy) is 1. The third kappa shape index (κ3) is 2.94. The van der Waals surface area contributed by atoms with Crippen molar-refractivity contribution in [2.45, 2.75) is 11.4 Å². The van der Waals surface area contributed by atoms with Crippen LogP contribution in [0, 0.1) is 0 Å². The highest BCUT2D eigenvalue weighted by Crippen LogP contribution is 2.41. The summed E-state index contributed by atoms with van der Waals surface area (Å²) in [5.41, 5.74) is 0.841. The van der Waals surface area contributed by atoms with E-state index in [2.05, 4.69) is 4.74 Å². The number of hydrogen-bond donors (Lipinski definition) is 2. The van der Waals surface area contributed by atoms with Crippen molar-refractivity contribution in [1.82, 2.24) is 4.90 Å². The molecule has 2 N–H and O–H groups in total. The molecule has 1 aromatic rings. The Bertz CT molecular complexity index is 590. The van der Waals surface area contributed by atoms with E-state index in [1.807, 2.05) is 0 Å². The lowest BCUT2D eigenvalue weighted by Gasteiger charge is -2.24. The second-order valence-electron chi connectivity index (χ2n) is 4.35. The molecule has 1 unspecified atom stereocenters. The number of carboxylic acids is 1. The standard InChI is InChI=1S/C13H13NO6S/c1-20-12(17)8-4-2-3-7(5-8)10-14(13(18)19)9(6-21-10)11(15)16/h2-5,9-10H,6H2,1H3,(H,15,16)(H,18,19)/t9?,10-/m1/s1. The number of esters is 1. The molecule has 0 spiro atoms. The van der Waals surface area contributed by atoms with Crippen molar-refractivity contribution in [2.75, 3.05) is 12.9 Å². The number of carbonyl (C=O) groups is 3. The molecule has 1 aliphatic rings. The van der Waals surface area contributed by atoms with Crippen molar-refractivity contribution in [2.24, 2.45) is 0 Å².